The molecule has 0 amide bonds. The van der Waals surface area contributed by atoms with Crippen LogP contribution in [0.15, 0.2) is 41.3 Å². The van der Waals surface area contributed by atoms with E-state index >= 15 is 0 Å². The van der Waals surface area contributed by atoms with Crippen molar-refractivity contribution in [1.29, 1.82) is 0 Å². The lowest BCUT2D eigenvalue weighted by Gasteiger charge is -2.12. The lowest BCUT2D eigenvalue weighted by Crippen LogP contribution is -2.28. The molecule has 0 saturated heterocycles. The first-order valence-electron chi connectivity index (χ1n) is 7.36. The highest BCUT2D eigenvalue weighted by atomic mass is 32.2. The molecule has 0 aliphatic rings. The second-order valence-electron chi connectivity index (χ2n) is 5.36. The number of aryl methyl sites for hydroxylation is 2. The summed E-state index contributed by atoms with van der Waals surface area (Å²) in [4.78, 5) is -0.239. The van der Waals surface area contributed by atoms with Crippen LogP contribution in [0.4, 0.5) is 4.39 Å². The van der Waals surface area contributed by atoms with Crippen molar-refractivity contribution < 1.29 is 22.3 Å². The normalized spacial score (nSPS) is 11.3. The highest BCUT2D eigenvalue weighted by Gasteiger charge is 2.19. The van der Waals surface area contributed by atoms with Crippen LogP contribution < -0.4 is 14.2 Å². The van der Waals surface area contributed by atoms with Crippen LogP contribution in [0.1, 0.15) is 11.1 Å². The second-order valence-corrected chi connectivity index (χ2v) is 7.10. The number of hydrogen-bond donors (Lipinski definition) is 1. The number of ether oxygens (including phenoxy) is 2. The van der Waals surface area contributed by atoms with Gasteiger partial charge in [0.25, 0.3) is 0 Å². The van der Waals surface area contributed by atoms with Crippen molar-refractivity contribution in [3.05, 3.63) is 53.3 Å². The van der Waals surface area contributed by atoms with Crippen LogP contribution in [0.25, 0.3) is 0 Å². The van der Waals surface area contributed by atoms with Gasteiger partial charge in [-0.3, -0.25) is 0 Å². The van der Waals surface area contributed by atoms with Crippen molar-refractivity contribution in [3.63, 3.8) is 0 Å². The predicted octanol–water partition coefficient (Wildman–Crippen LogP) is 2.81. The second kappa shape index (κ2) is 7.63. The standard InChI is InChI=1S/C17H20FNO4S/c1-12-8-13(2)10-15(9-12)23-7-6-19-24(20,21)17-11-14(18)4-5-16(17)22-3/h4-5,8-11,19H,6-7H2,1-3H3. The zero-order chi connectivity index (χ0) is 17.7. The van der Waals surface area contributed by atoms with Crippen LogP contribution in [0.2, 0.25) is 0 Å². The van der Waals surface area contributed by atoms with E-state index in [4.69, 9.17) is 9.47 Å². The minimum Gasteiger partial charge on any atom is -0.495 e. The molecule has 1 N–H and O–H groups in total. The Labute approximate surface area is 141 Å². The first kappa shape index (κ1) is 18.2. The van der Waals surface area contributed by atoms with E-state index in [1.54, 1.807) is 0 Å². The van der Waals surface area contributed by atoms with Crippen LogP contribution in [-0.4, -0.2) is 28.7 Å². The van der Waals surface area contributed by atoms with Crippen molar-refractivity contribution in [1.82, 2.24) is 4.72 Å². The predicted molar refractivity (Wildman–Crippen MR) is 89.6 cm³/mol. The van der Waals surface area contributed by atoms with Crippen LogP contribution in [0.3, 0.4) is 0 Å². The topological polar surface area (TPSA) is 64.6 Å². The fraction of sp³-hybridized carbons (Fsp3) is 0.294. The van der Waals surface area contributed by atoms with E-state index in [2.05, 4.69) is 4.72 Å². The number of rotatable bonds is 7. The van der Waals surface area contributed by atoms with E-state index in [0.29, 0.717) is 5.75 Å². The Kier molecular flexibility index (Phi) is 5.80. The molecule has 5 nitrogen and oxygen atoms in total. The molecule has 0 aromatic heterocycles. The summed E-state index contributed by atoms with van der Waals surface area (Å²) in [6, 6.07) is 9.10. The minimum atomic E-state index is -3.89. The Bertz CT molecular complexity index is 801. The lowest BCUT2D eigenvalue weighted by molar-refractivity contribution is 0.322. The molecule has 0 atom stereocenters. The molecule has 0 spiro atoms. The van der Waals surface area contributed by atoms with Crippen molar-refractivity contribution in [2.24, 2.45) is 0 Å². The molecule has 130 valence electrons. The van der Waals surface area contributed by atoms with Crippen molar-refractivity contribution >= 4 is 10.0 Å². The van der Waals surface area contributed by atoms with Gasteiger partial charge in [-0.1, -0.05) is 6.07 Å². The molecule has 0 heterocycles. The summed E-state index contributed by atoms with van der Waals surface area (Å²) in [5, 5.41) is 0. The molecule has 24 heavy (non-hydrogen) atoms. The summed E-state index contributed by atoms with van der Waals surface area (Å²) >= 11 is 0. The monoisotopic (exact) mass is 353 g/mol. The molecule has 2 aromatic rings. The van der Waals surface area contributed by atoms with Gasteiger partial charge in [0.2, 0.25) is 10.0 Å². The molecular formula is C17H20FNO4S. The van der Waals surface area contributed by atoms with Crippen molar-refractivity contribution in [2.75, 3.05) is 20.3 Å². The van der Waals surface area contributed by atoms with Crippen LogP contribution in [0, 0.1) is 19.7 Å². The van der Waals surface area contributed by atoms with Crippen LogP contribution in [0.5, 0.6) is 11.5 Å². The number of hydrogen-bond acceptors (Lipinski definition) is 4. The van der Waals surface area contributed by atoms with Gasteiger partial charge in [-0.25, -0.2) is 17.5 Å². The van der Waals surface area contributed by atoms with Gasteiger partial charge in [0.1, 0.15) is 28.8 Å². The molecule has 2 rings (SSSR count). The summed E-state index contributed by atoms with van der Waals surface area (Å²) in [6.07, 6.45) is 0. The van der Waals surface area contributed by atoms with E-state index in [1.165, 1.54) is 13.2 Å². The third-order valence-corrected chi connectivity index (χ3v) is 4.76. The van der Waals surface area contributed by atoms with Gasteiger partial charge >= 0.3 is 0 Å². The maximum absolute atomic E-state index is 13.3. The SMILES string of the molecule is COc1ccc(F)cc1S(=O)(=O)NCCOc1cc(C)cc(C)c1. The molecule has 2 aromatic carbocycles. The summed E-state index contributed by atoms with van der Waals surface area (Å²) < 4.78 is 50.8. The fourth-order valence-electron chi connectivity index (χ4n) is 2.30. The Morgan fingerprint density at radius 3 is 2.38 bits per heavy atom. The maximum Gasteiger partial charge on any atom is 0.244 e. The molecule has 0 aliphatic carbocycles. The van der Waals surface area contributed by atoms with E-state index in [1.807, 2.05) is 32.0 Å². The Hall–Kier alpha value is -2.12. The number of benzene rings is 2. The van der Waals surface area contributed by atoms with E-state index in [9.17, 15) is 12.8 Å². The summed E-state index contributed by atoms with van der Waals surface area (Å²) in [6.45, 7) is 4.12. The third-order valence-electron chi connectivity index (χ3n) is 3.27. The number of sulfonamides is 1. The van der Waals surface area contributed by atoms with Gasteiger partial charge in [0, 0.05) is 6.54 Å². The van der Waals surface area contributed by atoms with E-state index in [0.717, 1.165) is 23.3 Å². The number of nitrogens with one attached hydrogen (secondary N) is 1. The molecule has 0 fully saturated rings. The van der Waals surface area contributed by atoms with E-state index in [-0.39, 0.29) is 23.8 Å². The van der Waals surface area contributed by atoms with Gasteiger partial charge in [-0.15, -0.1) is 0 Å². The maximum atomic E-state index is 13.3. The molecule has 0 saturated carbocycles. The van der Waals surface area contributed by atoms with Gasteiger partial charge in [-0.05, 0) is 55.3 Å². The van der Waals surface area contributed by atoms with Crippen molar-refractivity contribution in [2.45, 2.75) is 18.7 Å². The van der Waals surface area contributed by atoms with Crippen LogP contribution >= 0.6 is 0 Å². The average Bonchev–Trinajstić information content (AvgIpc) is 2.50. The molecular weight excluding hydrogens is 333 g/mol. The van der Waals surface area contributed by atoms with Gasteiger partial charge < -0.3 is 9.47 Å². The Balaban J connectivity index is 1.99. The Morgan fingerprint density at radius 2 is 1.75 bits per heavy atom. The zero-order valence-corrected chi connectivity index (χ0v) is 14.6. The number of methoxy groups -OCH3 is 1. The Morgan fingerprint density at radius 1 is 1.08 bits per heavy atom. The van der Waals surface area contributed by atoms with Crippen LogP contribution in [-0.2, 0) is 10.0 Å². The van der Waals surface area contributed by atoms with E-state index < -0.39 is 15.8 Å². The highest BCUT2D eigenvalue weighted by Crippen LogP contribution is 2.24. The third kappa shape index (κ3) is 4.69. The average molecular weight is 353 g/mol. The van der Waals surface area contributed by atoms with Crippen molar-refractivity contribution in [3.8, 4) is 11.5 Å². The smallest absolute Gasteiger partial charge is 0.244 e. The molecule has 0 aliphatic heterocycles. The molecule has 0 radical (unpaired) electrons. The van der Waals surface area contributed by atoms with Gasteiger partial charge in [-0.2, -0.15) is 0 Å². The first-order valence-corrected chi connectivity index (χ1v) is 8.84. The summed E-state index contributed by atoms with van der Waals surface area (Å²) in [5.41, 5.74) is 2.13. The fourth-order valence-corrected chi connectivity index (χ4v) is 3.49. The lowest BCUT2D eigenvalue weighted by atomic mass is 10.1. The van der Waals surface area contributed by atoms with Gasteiger partial charge in [0.15, 0.2) is 0 Å². The van der Waals surface area contributed by atoms with Gasteiger partial charge in [0.05, 0.1) is 7.11 Å². The highest BCUT2D eigenvalue weighted by molar-refractivity contribution is 7.89. The summed E-state index contributed by atoms with van der Waals surface area (Å²) in [7, 11) is -2.56. The summed E-state index contributed by atoms with van der Waals surface area (Å²) in [5.74, 6) is 0.108. The largest absolute Gasteiger partial charge is 0.495 e. The molecule has 0 bridgehead atoms. The number of halogens is 1. The minimum absolute atomic E-state index is 0.0506. The first-order chi connectivity index (χ1) is 11.3. The quantitative estimate of drug-likeness (QED) is 0.778. The zero-order valence-electron chi connectivity index (χ0n) is 13.8. The molecule has 7 heteroatoms. The molecule has 0 unspecified atom stereocenters.